The van der Waals surface area contributed by atoms with Crippen molar-refractivity contribution in [3.05, 3.63) is 54.4 Å². The van der Waals surface area contributed by atoms with Gasteiger partial charge in [0.05, 0.1) is 5.56 Å². The van der Waals surface area contributed by atoms with Gasteiger partial charge in [0.1, 0.15) is 18.6 Å². The monoisotopic (exact) mass is 399 g/mol. The van der Waals surface area contributed by atoms with Gasteiger partial charge < -0.3 is 19.9 Å². The van der Waals surface area contributed by atoms with E-state index >= 15 is 0 Å². The number of aryl methyl sites for hydroxylation is 1. The number of amides is 1. The maximum absolute atomic E-state index is 12.3. The summed E-state index contributed by atoms with van der Waals surface area (Å²) in [5.74, 6) is -4.06. The number of carboxylic acid groups (broad SMARTS) is 2. The predicted molar refractivity (Wildman–Crippen MR) is 86.9 cm³/mol. The molecule has 150 valence electrons. The summed E-state index contributed by atoms with van der Waals surface area (Å²) >= 11 is 0. The zero-order chi connectivity index (χ0) is 21.3. The Morgan fingerprint density at radius 1 is 1.18 bits per heavy atom. The molecule has 0 saturated carbocycles. The molecule has 1 aromatic heterocycles. The summed E-state index contributed by atoms with van der Waals surface area (Å²) in [6, 6.07) is 10.9. The maximum atomic E-state index is 12.3. The molecule has 2 aromatic rings. The van der Waals surface area contributed by atoms with Crippen LogP contribution >= 0.6 is 0 Å². The molecule has 1 aromatic carbocycles. The molecule has 0 unspecified atom stereocenters. The lowest BCUT2D eigenvalue weighted by molar-refractivity contribution is -0.753. The van der Waals surface area contributed by atoms with Crippen LogP contribution in [0.15, 0.2) is 48.8 Å². The third-order valence-corrected chi connectivity index (χ3v) is 3.25. The van der Waals surface area contributed by atoms with Crippen LogP contribution in [0.5, 0.6) is 0 Å². The Balaban J connectivity index is 0.000000480. The number of rotatable bonds is 5. The van der Waals surface area contributed by atoms with Crippen molar-refractivity contribution in [1.29, 1.82) is 0 Å². The largest absolute Gasteiger partial charge is 0.542 e. The fourth-order valence-corrected chi connectivity index (χ4v) is 1.82. The molecule has 0 saturated heterocycles. The van der Waals surface area contributed by atoms with Crippen LogP contribution in [-0.4, -0.2) is 41.3 Å². The number of aromatic nitrogens is 2. The van der Waals surface area contributed by atoms with Crippen molar-refractivity contribution in [3.8, 4) is 0 Å². The molecule has 28 heavy (non-hydrogen) atoms. The maximum Gasteiger partial charge on any atom is 0.430 e. The summed E-state index contributed by atoms with van der Waals surface area (Å²) in [5, 5.41) is 21.5. The van der Waals surface area contributed by atoms with E-state index in [1.165, 1.54) is 10.9 Å². The summed E-state index contributed by atoms with van der Waals surface area (Å²) < 4.78 is 33.0. The molecule has 0 spiro atoms. The van der Waals surface area contributed by atoms with Crippen LogP contribution < -0.4 is 14.7 Å². The fourth-order valence-electron chi connectivity index (χ4n) is 1.82. The van der Waals surface area contributed by atoms with Gasteiger partial charge in [-0.05, 0) is 17.2 Å². The van der Waals surface area contributed by atoms with Gasteiger partial charge in [0.2, 0.25) is 0 Å². The van der Waals surface area contributed by atoms with E-state index in [1.807, 2.05) is 30.3 Å². The number of halogens is 3. The van der Waals surface area contributed by atoms with Crippen LogP contribution in [0.25, 0.3) is 0 Å². The summed E-state index contributed by atoms with van der Waals surface area (Å²) in [7, 11) is 1.70. The highest BCUT2D eigenvalue weighted by atomic mass is 19.4. The molecule has 0 radical (unpaired) electrons. The first-order valence-electron chi connectivity index (χ1n) is 7.71. The van der Waals surface area contributed by atoms with Crippen LogP contribution in [0.2, 0.25) is 0 Å². The molecular weight excluding hydrogens is 383 g/mol. The minimum Gasteiger partial charge on any atom is -0.542 e. The number of carbonyl (C=O) groups excluding carboxylic acids is 2. The lowest BCUT2D eigenvalue weighted by atomic mass is 10.2. The molecule has 0 aliphatic rings. The highest BCUT2D eigenvalue weighted by Crippen LogP contribution is 2.14. The van der Waals surface area contributed by atoms with E-state index in [2.05, 4.69) is 5.10 Å². The Kier molecular flexibility index (Phi) is 8.05. The van der Waals surface area contributed by atoms with Gasteiger partial charge in [-0.15, -0.1) is 0 Å². The average molecular weight is 399 g/mol. The van der Waals surface area contributed by atoms with Crippen molar-refractivity contribution in [2.75, 3.05) is 11.9 Å². The third-order valence-electron chi connectivity index (χ3n) is 3.25. The number of carboxylic acids is 2. The second kappa shape index (κ2) is 10.00. The van der Waals surface area contributed by atoms with Crippen LogP contribution in [0.1, 0.15) is 16.8 Å². The van der Waals surface area contributed by atoms with Crippen LogP contribution in [0, 0.1) is 0 Å². The van der Waals surface area contributed by atoms with E-state index in [0.29, 0.717) is 5.56 Å². The first-order chi connectivity index (χ1) is 13.0. The normalized spacial score (nSPS) is 10.4. The van der Waals surface area contributed by atoms with Gasteiger partial charge in [0.25, 0.3) is 5.91 Å². The second-order valence-corrected chi connectivity index (χ2v) is 5.31. The van der Waals surface area contributed by atoms with E-state index in [1.54, 1.807) is 24.2 Å². The molecule has 0 bridgehead atoms. The standard InChI is InChI=1S/C15H15N3O3.C2HF3O2/c1-17(13-5-3-2-4-6-13)15(21)12-7-9-18(16-11-12)10-8-14(19)20;3-2(4,5)1(6)7/h2-7,9,11H,8,10H2,1H3;(H,6,7). The van der Waals surface area contributed by atoms with Crippen LogP contribution in [0.3, 0.4) is 0 Å². The molecule has 0 aliphatic heterocycles. The Morgan fingerprint density at radius 2 is 1.75 bits per heavy atom. The molecule has 11 heteroatoms. The lowest BCUT2D eigenvalue weighted by Gasteiger charge is -2.16. The Hall–Kier alpha value is -3.50. The van der Waals surface area contributed by atoms with Gasteiger partial charge in [-0.25, -0.2) is 0 Å². The lowest BCUT2D eigenvalue weighted by Crippen LogP contribution is -2.39. The average Bonchev–Trinajstić information content (AvgIpc) is 2.66. The molecule has 0 fully saturated rings. The molecule has 1 N–H and O–H groups in total. The summed E-state index contributed by atoms with van der Waals surface area (Å²) in [4.78, 5) is 33.1. The number of hydrogen-bond acceptors (Lipinski definition) is 5. The van der Waals surface area contributed by atoms with Gasteiger partial charge >= 0.3 is 12.1 Å². The van der Waals surface area contributed by atoms with Crippen molar-refractivity contribution in [2.45, 2.75) is 19.1 Å². The first kappa shape index (κ1) is 22.5. The van der Waals surface area contributed by atoms with E-state index in [0.717, 1.165) is 5.69 Å². The number of carbonyl (C=O) groups is 3. The van der Waals surface area contributed by atoms with Crippen LogP contribution in [0.4, 0.5) is 18.9 Å². The summed E-state index contributed by atoms with van der Waals surface area (Å²) in [6.07, 6.45) is -2.15. The van der Waals surface area contributed by atoms with E-state index in [4.69, 9.17) is 15.0 Å². The van der Waals surface area contributed by atoms with E-state index < -0.39 is 18.1 Å². The number of para-hydroxylation sites is 1. The molecular formula is C17H16F3N3O5. The Morgan fingerprint density at radius 3 is 2.18 bits per heavy atom. The van der Waals surface area contributed by atoms with E-state index in [9.17, 15) is 22.8 Å². The highest BCUT2D eigenvalue weighted by Gasteiger charge is 2.28. The zero-order valence-electron chi connectivity index (χ0n) is 14.6. The Labute approximate surface area is 157 Å². The van der Waals surface area contributed by atoms with Gasteiger partial charge in [-0.3, -0.25) is 9.59 Å². The molecule has 1 amide bonds. The first-order valence-corrected chi connectivity index (χ1v) is 7.71. The van der Waals surface area contributed by atoms with Gasteiger partial charge in [-0.1, -0.05) is 22.9 Å². The minimum atomic E-state index is -5.19. The third kappa shape index (κ3) is 7.40. The number of anilines is 1. The number of alkyl halides is 3. The quantitative estimate of drug-likeness (QED) is 0.729. The Bertz CT molecular complexity index is 811. The minimum absolute atomic E-state index is 0.00508. The smallest absolute Gasteiger partial charge is 0.430 e. The molecule has 1 heterocycles. The number of aliphatic carboxylic acids is 2. The van der Waals surface area contributed by atoms with E-state index in [-0.39, 0.29) is 18.9 Å². The fraction of sp³-hybridized carbons (Fsp3) is 0.235. The molecule has 8 nitrogen and oxygen atoms in total. The number of benzene rings is 1. The van der Waals surface area contributed by atoms with Crippen molar-refractivity contribution in [3.63, 3.8) is 0 Å². The predicted octanol–water partition coefficient (Wildman–Crippen LogP) is 0.419. The molecule has 0 atom stereocenters. The zero-order valence-corrected chi connectivity index (χ0v) is 14.6. The molecule has 0 aliphatic carbocycles. The SMILES string of the molecule is CN(C(=O)c1cc[n+](CCC(=O)O)nc1)c1ccccc1.O=C([O-])C(F)(F)F. The van der Waals surface area contributed by atoms with Crippen molar-refractivity contribution in [2.24, 2.45) is 0 Å². The summed E-state index contributed by atoms with van der Waals surface area (Å²) in [6.45, 7) is 0.276. The topological polar surface area (TPSA) is 115 Å². The number of hydrogen-bond donors (Lipinski definition) is 1. The van der Waals surface area contributed by atoms with Gasteiger partial charge in [-0.2, -0.15) is 13.2 Å². The van der Waals surface area contributed by atoms with Crippen molar-refractivity contribution < 1.29 is 42.4 Å². The number of nitrogens with zero attached hydrogens (tertiary/aromatic N) is 3. The second-order valence-electron chi connectivity index (χ2n) is 5.31. The van der Waals surface area contributed by atoms with Crippen LogP contribution in [-0.2, 0) is 16.1 Å². The van der Waals surface area contributed by atoms with Gasteiger partial charge in [0.15, 0.2) is 12.7 Å². The highest BCUT2D eigenvalue weighted by molar-refractivity contribution is 6.05. The summed E-state index contributed by atoms with van der Waals surface area (Å²) in [5.41, 5.74) is 1.25. The van der Waals surface area contributed by atoms with Crippen molar-refractivity contribution >= 4 is 23.5 Å². The molecule has 2 rings (SSSR count). The van der Waals surface area contributed by atoms with Gasteiger partial charge in [0, 0.05) is 18.8 Å². The van der Waals surface area contributed by atoms with Crippen molar-refractivity contribution in [1.82, 2.24) is 5.10 Å².